The second-order valence-corrected chi connectivity index (χ2v) is 6.37. The maximum Gasteiger partial charge on any atom is 0.253 e. The van der Waals surface area contributed by atoms with Crippen LogP contribution in [0.1, 0.15) is 21.5 Å². The van der Waals surface area contributed by atoms with Crippen molar-refractivity contribution in [3.05, 3.63) is 94.8 Å². The summed E-state index contributed by atoms with van der Waals surface area (Å²) in [5, 5.41) is 6.95. The summed E-state index contributed by atoms with van der Waals surface area (Å²) in [6.45, 7) is 1.24. The molecule has 0 radical (unpaired) electrons. The molecule has 3 rings (SSSR count). The molecular formula is C21H20ClN3O. The Labute approximate surface area is 158 Å². The maximum atomic E-state index is 12.3. The molecule has 0 saturated carbocycles. The largest absolute Gasteiger partial charge is 0.383 e. The summed E-state index contributed by atoms with van der Waals surface area (Å²) in [4.78, 5) is 16.5. The number of rotatable bonds is 7. The molecule has 0 spiro atoms. The van der Waals surface area contributed by atoms with Crippen molar-refractivity contribution in [2.45, 2.75) is 13.0 Å². The van der Waals surface area contributed by atoms with Gasteiger partial charge in [0.05, 0.1) is 11.3 Å². The standard InChI is InChI=1S/C21H20ClN3O/c22-19-8-6-16(7-9-19)10-11-24-20-12-18(14-23-15-20)21(26)25-13-17-4-2-1-3-5-17/h1-9,12,14-15,24H,10-11,13H2,(H,25,26). The van der Waals surface area contributed by atoms with E-state index in [0.717, 1.165) is 29.2 Å². The third-order valence-electron chi connectivity index (χ3n) is 3.95. The van der Waals surface area contributed by atoms with Gasteiger partial charge in [-0.15, -0.1) is 0 Å². The summed E-state index contributed by atoms with van der Waals surface area (Å²) in [6.07, 6.45) is 4.15. The van der Waals surface area contributed by atoms with E-state index in [4.69, 9.17) is 11.6 Å². The highest BCUT2D eigenvalue weighted by Crippen LogP contribution is 2.12. The number of anilines is 1. The number of nitrogens with one attached hydrogen (secondary N) is 2. The van der Waals surface area contributed by atoms with E-state index in [2.05, 4.69) is 15.6 Å². The molecule has 2 N–H and O–H groups in total. The monoisotopic (exact) mass is 365 g/mol. The van der Waals surface area contributed by atoms with Gasteiger partial charge in [-0.05, 0) is 35.7 Å². The molecular weight excluding hydrogens is 346 g/mol. The second-order valence-electron chi connectivity index (χ2n) is 5.93. The van der Waals surface area contributed by atoms with Crippen molar-refractivity contribution in [1.29, 1.82) is 0 Å². The molecule has 132 valence electrons. The number of nitrogens with zero attached hydrogens (tertiary/aromatic N) is 1. The van der Waals surface area contributed by atoms with Gasteiger partial charge in [0.1, 0.15) is 0 Å². The van der Waals surface area contributed by atoms with Crippen molar-refractivity contribution in [3.63, 3.8) is 0 Å². The highest BCUT2D eigenvalue weighted by atomic mass is 35.5. The first-order valence-corrected chi connectivity index (χ1v) is 8.84. The molecule has 0 aliphatic carbocycles. The van der Waals surface area contributed by atoms with Crippen LogP contribution >= 0.6 is 11.6 Å². The lowest BCUT2D eigenvalue weighted by Crippen LogP contribution is -2.23. The van der Waals surface area contributed by atoms with Crippen LogP contribution in [0.5, 0.6) is 0 Å². The lowest BCUT2D eigenvalue weighted by atomic mass is 10.1. The Balaban J connectivity index is 1.52. The fraction of sp³-hybridized carbons (Fsp3) is 0.143. The number of pyridine rings is 1. The van der Waals surface area contributed by atoms with Crippen LogP contribution in [0.2, 0.25) is 5.02 Å². The SMILES string of the molecule is O=C(NCc1ccccc1)c1cncc(NCCc2ccc(Cl)cc2)c1. The van der Waals surface area contributed by atoms with Crippen molar-refractivity contribution in [3.8, 4) is 0 Å². The van der Waals surface area contributed by atoms with Gasteiger partial charge < -0.3 is 10.6 Å². The van der Waals surface area contributed by atoms with Crippen molar-refractivity contribution < 1.29 is 4.79 Å². The highest BCUT2D eigenvalue weighted by Gasteiger charge is 2.07. The van der Waals surface area contributed by atoms with E-state index >= 15 is 0 Å². The van der Waals surface area contributed by atoms with E-state index in [-0.39, 0.29) is 5.91 Å². The topological polar surface area (TPSA) is 54.0 Å². The van der Waals surface area contributed by atoms with Gasteiger partial charge in [-0.25, -0.2) is 0 Å². The Morgan fingerprint density at radius 2 is 1.73 bits per heavy atom. The molecule has 1 amide bonds. The molecule has 0 atom stereocenters. The molecule has 3 aromatic rings. The molecule has 1 heterocycles. The summed E-state index contributed by atoms with van der Waals surface area (Å²) in [7, 11) is 0. The van der Waals surface area contributed by atoms with Crippen LogP contribution in [0.3, 0.4) is 0 Å². The molecule has 1 aromatic heterocycles. The smallest absolute Gasteiger partial charge is 0.253 e. The van der Waals surface area contributed by atoms with Gasteiger partial charge >= 0.3 is 0 Å². The van der Waals surface area contributed by atoms with Crippen LogP contribution in [0.15, 0.2) is 73.1 Å². The number of aromatic nitrogens is 1. The van der Waals surface area contributed by atoms with Crippen LogP contribution in [-0.4, -0.2) is 17.4 Å². The van der Waals surface area contributed by atoms with Gasteiger partial charge in [-0.2, -0.15) is 0 Å². The molecule has 0 bridgehead atoms. The number of hydrogen-bond acceptors (Lipinski definition) is 3. The Morgan fingerprint density at radius 3 is 2.50 bits per heavy atom. The molecule has 0 aliphatic rings. The Kier molecular flexibility index (Phi) is 6.23. The van der Waals surface area contributed by atoms with Gasteiger partial charge in [0.2, 0.25) is 0 Å². The predicted octanol–water partition coefficient (Wildman–Crippen LogP) is 4.32. The van der Waals surface area contributed by atoms with Gasteiger partial charge in [0.25, 0.3) is 5.91 Å². The van der Waals surface area contributed by atoms with Crippen molar-refractivity contribution in [2.24, 2.45) is 0 Å². The minimum absolute atomic E-state index is 0.136. The van der Waals surface area contributed by atoms with E-state index in [1.165, 1.54) is 5.56 Å². The fourth-order valence-corrected chi connectivity index (χ4v) is 2.67. The van der Waals surface area contributed by atoms with Gasteiger partial charge in [-0.3, -0.25) is 9.78 Å². The first-order chi connectivity index (χ1) is 12.7. The Morgan fingerprint density at radius 1 is 0.962 bits per heavy atom. The van der Waals surface area contributed by atoms with E-state index in [9.17, 15) is 4.79 Å². The zero-order valence-corrected chi connectivity index (χ0v) is 15.0. The van der Waals surface area contributed by atoms with Crippen LogP contribution in [0, 0.1) is 0 Å². The summed E-state index contributed by atoms with van der Waals surface area (Å²) in [5.41, 5.74) is 3.63. The molecule has 5 heteroatoms. The van der Waals surface area contributed by atoms with Crippen LogP contribution in [0.25, 0.3) is 0 Å². The van der Waals surface area contributed by atoms with Gasteiger partial charge in [0, 0.05) is 30.5 Å². The van der Waals surface area contributed by atoms with Crippen LogP contribution in [0.4, 0.5) is 5.69 Å². The first-order valence-electron chi connectivity index (χ1n) is 8.46. The Bertz CT molecular complexity index is 851. The molecule has 0 unspecified atom stereocenters. The van der Waals surface area contributed by atoms with Crippen molar-refractivity contribution >= 4 is 23.2 Å². The number of hydrogen-bond donors (Lipinski definition) is 2. The number of halogens is 1. The molecule has 0 saturated heterocycles. The van der Waals surface area contributed by atoms with Crippen LogP contribution < -0.4 is 10.6 Å². The molecule has 0 fully saturated rings. The van der Waals surface area contributed by atoms with E-state index in [1.807, 2.05) is 60.7 Å². The van der Waals surface area contributed by atoms with E-state index < -0.39 is 0 Å². The Hall–Kier alpha value is -2.85. The zero-order valence-electron chi connectivity index (χ0n) is 14.3. The molecule has 26 heavy (non-hydrogen) atoms. The summed E-state index contributed by atoms with van der Waals surface area (Å²) >= 11 is 5.89. The van der Waals surface area contributed by atoms with E-state index in [0.29, 0.717) is 12.1 Å². The first kappa shape index (κ1) is 18.0. The van der Waals surface area contributed by atoms with E-state index in [1.54, 1.807) is 12.4 Å². The van der Waals surface area contributed by atoms with Crippen LogP contribution in [-0.2, 0) is 13.0 Å². The summed E-state index contributed by atoms with van der Waals surface area (Å²) in [6, 6.07) is 19.4. The van der Waals surface area contributed by atoms with Crippen molar-refractivity contribution in [2.75, 3.05) is 11.9 Å². The minimum Gasteiger partial charge on any atom is -0.383 e. The number of benzene rings is 2. The lowest BCUT2D eigenvalue weighted by Gasteiger charge is -2.09. The third kappa shape index (κ3) is 5.33. The number of amides is 1. The van der Waals surface area contributed by atoms with Crippen molar-refractivity contribution in [1.82, 2.24) is 10.3 Å². The lowest BCUT2D eigenvalue weighted by molar-refractivity contribution is 0.0950. The number of carbonyl (C=O) groups excluding carboxylic acids is 1. The fourth-order valence-electron chi connectivity index (χ4n) is 2.54. The third-order valence-corrected chi connectivity index (χ3v) is 4.20. The molecule has 2 aromatic carbocycles. The average Bonchev–Trinajstić information content (AvgIpc) is 2.69. The van der Waals surface area contributed by atoms with Gasteiger partial charge in [-0.1, -0.05) is 54.1 Å². The molecule has 4 nitrogen and oxygen atoms in total. The summed E-state index contributed by atoms with van der Waals surface area (Å²) < 4.78 is 0. The highest BCUT2D eigenvalue weighted by molar-refractivity contribution is 6.30. The zero-order chi connectivity index (χ0) is 18.2. The normalized spacial score (nSPS) is 10.3. The average molecular weight is 366 g/mol. The maximum absolute atomic E-state index is 12.3. The second kappa shape index (κ2) is 9.02. The quantitative estimate of drug-likeness (QED) is 0.655. The van der Waals surface area contributed by atoms with Gasteiger partial charge in [0.15, 0.2) is 0 Å². The minimum atomic E-state index is -0.136. The summed E-state index contributed by atoms with van der Waals surface area (Å²) in [5.74, 6) is -0.136. The predicted molar refractivity (Wildman–Crippen MR) is 105 cm³/mol. The molecule has 0 aliphatic heterocycles. The number of carbonyl (C=O) groups is 1.